The zero-order chi connectivity index (χ0) is 23.3. The molecule has 32 heavy (non-hydrogen) atoms. The minimum Gasteiger partial charge on any atom is -0.493 e. The number of benzene rings is 3. The summed E-state index contributed by atoms with van der Waals surface area (Å²) in [6.45, 7) is 3.40. The van der Waals surface area contributed by atoms with Gasteiger partial charge in [0, 0.05) is 11.8 Å². The van der Waals surface area contributed by atoms with Gasteiger partial charge in [-0.15, -0.1) is 0 Å². The number of nitrogens with one attached hydrogen (secondary N) is 1. The van der Waals surface area contributed by atoms with Gasteiger partial charge in [-0.25, -0.2) is 8.42 Å². The Kier molecular flexibility index (Phi) is 7.05. The zero-order valence-electron chi connectivity index (χ0n) is 18.5. The average molecular weight is 455 g/mol. The lowest BCUT2D eigenvalue weighted by Crippen LogP contribution is -2.38. The van der Waals surface area contributed by atoms with Gasteiger partial charge in [0.1, 0.15) is 6.54 Å². The molecule has 0 saturated carbocycles. The summed E-state index contributed by atoms with van der Waals surface area (Å²) in [5, 5.41) is 2.75. The molecule has 0 aromatic heterocycles. The summed E-state index contributed by atoms with van der Waals surface area (Å²) in [4.78, 5) is 12.9. The Balaban J connectivity index is 1.99. The third-order valence-electron chi connectivity index (χ3n) is 4.89. The van der Waals surface area contributed by atoms with E-state index in [9.17, 15) is 13.2 Å². The summed E-state index contributed by atoms with van der Waals surface area (Å²) in [6.07, 6.45) is 0. The van der Waals surface area contributed by atoms with Gasteiger partial charge in [0.2, 0.25) is 5.91 Å². The van der Waals surface area contributed by atoms with Crippen molar-refractivity contribution < 1.29 is 22.7 Å². The number of hydrogen-bond acceptors (Lipinski definition) is 5. The van der Waals surface area contributed by atoms with Crippen molar-refractivity contribution >= 4 is 27.3 Å². The number of carbonyl (C=O) groups is 1. The van der Waals surface area contributed by atoms with Crippen LogP contribution in [0.25, 0.3) is 0 Å². The molecular formula is C24H26N2O5S. The summed E-state index contributed by atoms with van der Waals surface area (Å²) >= 11 is 0. The number of hydrogen-bond donors (Lipinski definition) is 1. The molecule has 3 aromatic rings. The first-order valence-corrected chi connectivity index (χ1v) is 11.4. The quantitative estimate of drug-likeness (QED) is 0.553. The van der Waals surface area contributed by atoms with Gasteiger partial charge in [0.05, 0.1) is 24.8 Å². The van der Waals surface area contributed by atoms with Gasteiger partial charge < -0.3 is 14.8 Å². The molecule has 0 unspecified atom stereocenters. The maximum absolute atomic E-state index is 13.5. The zero-order valence-corrected chi connectivity index (χ0v) is 19.3. The molecule has 0 fully saturated rings. The van der Waals surface area contributed by atoms with E-state index in [-0.39, 0.29) is 10.6 Å². The number of anilines is 2. The Hall–Kier alpha value is -3.52. The van der Waals surface area contributed by atoms with Gasteiger partial charge >= 0.3 is 0 Å². The van der Waals surface area contributed by atoms with Crippen molar-refractivity contribution in [2.45, 2.75) is 18.7 Å². The molecule has 7 nitrogen and oxygen atoms in total. The molecule has 0 atom stereocenters. The number of nitrogens with zero attached hydrogens (tertiary/aromatic N) is 1. The summed E-state index contributed by atoms with van der Waals surface area (Å²) in [6, 6.07) is 18.4. The smallest absolute Gasteiger partial charge is 0.264 e. The van der Waals surface area contributed by atoms with Gasteiger partial charge in [-0.05, 0) is 50.2 Å². The largest absolute Gasteiger partial charge is 0.493 e. The molecule has 0 aliphatic rings. The second-order valence-electron chi connectivity index (χ2n) is 7.28. The first-order chi connectivity index (χ1) is 15.2. The van der Waals surface area contributed by atoms with Crippen molar-refractivity contribution in [2.75, 3.05) is 30.4 Å². The molecule has 0 aliphatic heterocycles. The van der Waals surface area contributed by atoms with Crippen molar-refractivity contribution in [1.29, 1.82) is 0 Å². The number of sulfonamides is 1. The van der Waals surface area contributed by atoms with Crippen LogP contribution >= 0.6 is 0 Å². The van der Waals surface area contributed by atoms with Gasteiger partial charge in [0.15, 0.2) is 11.5 Å². The number of amides is 1. The second kappa shape index (κ2) is 9.74. The second-order valence-corrected chi connectivity index (χ2v) is 9.14. The van der Waals surface area contributed by atoms with E-state index in [0.29, 0.717) is 17.2 Å². The van der Waals surface area contributed by atoms with Crippen molar-refractivity contribution in [3.05, 3.63) is 77.9 Å². The fourth-order valence-corrected chi connectivity index (χ4v) is 4.51. The molecule has 3 aromatic carbocycles. The van der Waals surface area contributed by atoms with E-state index >= 15 is 0 Å². The summed E-state index contributed by atoms with van der Waals surface area (Å²) < 4.78 is 38.6. The molecule has 0 aliphatic carbocycles. The van der Waals surface area contributed by atoms with E-state index in [0.717, 1.165) is 15.4 Å². The Morgan fingerprint density at radius 3 is 1.97 bits per heavy atom. The molecular weight excluding hydrogens is 428 g/mol. The molecule has 0 bridgehead atoms. The molecule has 0 heterocycles. The highest BCUT2D eigenvalue weighted by Crippen LogP contribution is 2.33. The molecule has 1 amide bonds. The maximum atomic E-state index is 13.5. The minimum absolute atomic E-state index is 0.0843. The average Bonchev–Trinajstić information content (AvgIpc) is 2.78. The van der Waals surface area contributed by atoms with Crippen LogP contribution in [-0.2, 0) is 14.8 Å². The predicted octanol–water partition coefficient (Wildman–Crippen LogP) is 4.15. The number of ether oxygens (including phenoxy) is 2. The van der Waals surface area contributed by atoms with Crippen molar-refractivity contribution in [3.63, 3.8) is 0 Å². The third-order valence-corrected chi connectivity index (χ3v) is 6.67. The molecule has 0 saturated heterocycles. The van der Waals surface area contributed by atoms with Crippen LogP contribution in [0.5, 0.6) is 11.5 Å². The van der Waals surface area contributed by atoms with Crippen LogP contribution in [0.4, 0.5) is 11.4 Å². The summed E-state index contributed by atoms with van der Waals surface area (Å²) in [5.74, 6) is 0.334. The van der Waals surface area contributed by atoms with E-state index in [1.165, 1.54) is 32.4 Å². The minimum atomic E-state index is -4.03. The predicted molar refractivity (Wildman–Crippen MR) is 125 cm³/mol. The van der Waals surface area contributed by atoms with Crippen LogP contribution in [0.3, 0.4) is 0 Å². The lowest BCUT2D eigenvalue weighted by Gasteiger charge is -2.25. The third kappa shape index (κ3) is 5.20. The topological polar surface area (TPSA) is 84.9 Å². The Bertz CT molecular complexity index is 1190. The first kappa shape index (κ1) is 23.1. The Morgan fingerprint density at radius 2 is 1.41 bits per heavy atom. The van der Waals surface area contributed by atoms with E-state index < -0.39 is 22.5 Å². The normalized spacial score (nSPS) is 11.0. The number of carbonyl (C=O) groups excluding carboxylic acids is 1. The van der Waals surface area contributed by atoms with Gasteiger partial charge in [-0.2, -0.15) is 0 Å². The monoisotopic (exact) mass is 454 g/mol. The molecule has 0 radical (unpaired) electrons. The fourth-order valence-electron chi connectivity index (χ4n) is 3.10. The highest BCUT2D eigenvalue weighted by Gasteiger charge is 2.28. The van der Waals surface area contributed by atoms with Crippen LogP contribution in [-0.4, -0.2) is 35.1 Å². The molecule has 8 heteroatoms. The van der Waals surface area contributed by atoms with Crippen LogP contribution in [0, 0.1) is 13.8 Å². The van der Waals surface area contributed by atoms with E-state index in [2.05, 4.69) is 5.32 Å². The number of methoxy groups -OCH3 is 2. The SMILES string of the molecule is COc1ccc(N(CC(=O)Nc2ccc(C)cc2)S(=O)(=O)c2ccc(C)cc2)cc1OC. The van der Waals surface area contributed by atoms with E-state index in [1.54, 1.807) is 36.4 Å². The van der Waals surface area contributed by atoms with Crippen LogP contribution in [0.2, 0.25) is 0 Å². The van der Waals surface area contributed by atoms with Gasteiger partial charge in [-0.1, -0.05) is 35.4 Å². The van der Waals surface area contributed by atoms with Crippen LogP contribution in [0.1, 0.15) is 11.1 Å². The standard InChI is InChI=1S/C24H26N2O5S/c1-17-5-9-19(10-6-17)25-24(27)16-26(20-11-14-22(30-3)23(15-20)31-4)32(28,29)21-12-7-18(2)8-13-21/h5-15H,16H2,1-4H3,(H,25,27). The van der Waals surface area contributed by atoms with Gasteiger partial charge in [-0.3, -0.25) is 9.10 Å². The van der Waals surface area contributed by atoms with Crippen LogP contribution < -0.4 is 19.1 Å². The Labute approximate surface area is 188 Å². The lowest BCUT2D eigenvalue weighted by atomic mass is 10.2. The summed E-state index contributed by atoms with van der Waals surface area (Å²) in [5.41, 5.74) is 2.85. The Morgan fingerprint density at radius 1 is 0.844 bits per heavy atom. The molecule has 0 spiro atoms. The van der Waals surface area contributed by atoms with Crippen molar-refractivity contribution in [1.82, 2.24) is 0 Å². The van der Waals surface area contributed by atoms with Crippen LogP contribution in [0.15, 0.2) is 71.6 Å². The number of aryl methyl sites for hydroxylation is 2. The maximum Gasteiger partial charge on any atom is 0.264 e. The van der Waals surface area contributed by atoms with E-state index in [4.69, 9.17) is 9.47 Å². The highest BCUT2D eigenvalue weighted by molar-refractivity contribution is 7.92. The molecule has 1 N–H and O–H groups in total. The molecule has 3 rings (SSSR count). The lowest BCUT2D eigenvalue weighted by molar-refractivity contribution is -0.114. The molecule has 168 valence electrons. The highest BCUT2D eigenvalue weighted by atomic mass is 32.2. The van der Waals surface area contributed by atoms with Crippen molar-refractivity contribution in [3.8, 4) is 11.5 Å². The first-order valence-electron chi connectivity index (χ1n) is 9.92. The summed E-state index contributed by atoms with van der Waals surface area (Å²) in [7, 11) is -1.08. The van der Waals surface area contributed by atoms with Crippen molar-refractivity contribution in [2.24, 2.45) is 0 Å². The van der Waals surface area contributed by atoms with Gasteiger partial charge in [0.25, 0.3) is 10.0 Å². The fraction of sp³-hybridized carbons (Fsp3) is 0.208. The number of rotatable bonds is 8. The van der Waals surface area contributed by atoms with E-state index in [1.807, 2.05) is 26.0 Å².